The van der Waals surface area contributed by atoms with Gasteiger partial charge in [-0.05, 0) is 65.9 Å². The van der Waals surface area contributed by atoms with Gasteiger partial charge in [0.1, 0.15) is 17.2 Å². The molecule has 0 spiro atoms. The number of hydrogen-bond donors (Lipinski definition) is 4. The first-order chi connectivity index (χ1) is 25.0. The number of nitrogens with one attached hydrogen (secondary N) is 4. The molecule has 6 rings (SSSR count). The normalized spacial score (nSPS) is 14.2. The largest absolute Gasteiger partial charge is 0.325 e. The Morgan fingerprint density at radius 2 is 1.02 bits per heavy atom. The van der Waals surface area contributed by atoms with Crippen LogP contribution in [0, 0.1) is 11.8 Å². The van der Waals surface area contributed by atoms with E-state index in [0.717, 1.165) is 66.5 Å². The van der Waals surface area contributed by atoms with Crippen molar-refractivity contribution in [2.75, 3.05) is 21.3 Å². The van der Waals surface area contributed by atoms with E-state index in [1.807, 2.05) is 0 Å². The van der Waals surface area contributed by atoms with Crippen LogP contribution < -0.4 is 21.3 Å². The fourth-order valence-electron chi connectivity index (χ4n) is 6.06. The van der Waals surface area contributed by atoms with E-state index in [-0.39, 0.29) is 36.2 Å². The van der Waals surface area contributed by atoms with Crippen molar-refractivity contribution in [1.82, 2.24) is 9.97 Å². The van der Waals surface area contributed by atoms with Crippen LogP contribution in [0.3, 0.4) is 0 Å². The molecule has 16 heteroatoms. The number of halogens is 2. The number of Topliss-reactive ketones (excluding diaryl/α,β-unsaturated/α-hetero) is 2. The Morgan fingerprint density at radius 3 is 1.42 bits per heavy atom. The smallest absolute Gasteiger partial charge is 0.235 e. The third-order valence-corrected chi connectivity index (χ3v) is 10.9. The van der Waals surface area contributed by atoms with Gasteiger partial charge in [0, 0.05) is 23.0 Å². The van der Waals surface area contributed by atoms with Gasteiger partial charge in [0.15, 0.2) is 21.8 Å². The van der Waals surface area contributed by atoms with E-state index in [1.54, 1.807) is 54.7 Å². The maximum Gasteiger partial charge on any atom is 0.235 e. The minimum atomic E-state index is -0.492. The topological polar surface area (TPSA) is 176 Å². The number of hydrogen-bond acceptors (Lipinski definition) is 10. The first-order valence-corrected chi connectivity index (χ1v) is 19.5. The minimum Gasteiger partial charge on any atom is -0.325 e. The van der Waals surface area contributed by atoms with Gasteiger partial charge in [-0.15, -0.1) is 0 Å². The summed E-state index contributed by atoms with van der Waals surface area (Å²) in [5.74, 6) is -1.74. The molecule has 2 fully saturated rings. The average Bonchev–Trinajstić information content (AvgIpc) is 3.95. The molecule has 0 atom stereocenters. The van der Waals surface area contributed by atoms with Crippen molar-refractivity contribution in [1.29, 1.82) is 0 Å². The first-order valence-electron chi connectivity index (χ1n) is 16.7. The van der Waals surface area contributed by atoms with E-state index in [4.69, 9.17) is 11.6 Å². The molecule has 0 bridgehead atoms. The van der Waals surface area contributed by atoms with Gasteiger partial charge in [-0.2, -0.15) is 0 Å². The van der Waals surface area contributed by atoms with Crippen LogP contribution in [0.4, 0.5) is 21.6 Å². The number of benzene rings is 2. The van der Waals surface area contributed by atoms with Crippen LogP contribution >= 0.6 is 50.2 Å². The van der Waals surface area contributed by atoms with Crippen LogP contribution in [-0.4, -0.2) is 45.2 Å². The Kier molecular flexibility index (Phi) is 14.2. The Balaban J connectivity index is 0.000000201. The molecule has 0 aliphatic heterocycles. The summed E-state index contributed by atoms with van der Waals surface area (Å²) in [7, 11) is 0. The van der Waals surface area contributed by atoms with E-state index in [2.05, 4.69) is 47.2 Å². The molecule has 52 heavy (non-hydrogen) atoms. The fourth-order valence-corrected chi connectivity index (χ4v) is 8.01. The van der Waals surface area contributed by atoms with E-state index >= 15 is 0 Å². The monoisotopic (exact) mass is 826 g/mol. The van der Waals surface area contributed by atoms with E-state index in [1.165, 1.54) is 17.5 Å². The highest BCUT2D eigenvalue weighted by molar-refractivity contribution is 9.11. The Labute approximate surface area is 321 Å². The molecule has 2 heterocycles. The van der Waals surface area contributed by atoms with Gasteiger partial charge in [-0.1, -0.05) is 84.2 Å². The standard InChI is InChI=1S/C18H18BrN3O3S.C18H18ClN3O3S/c2*19-14-10-20-18(26-14)22-16(24)9-15(23)21-13-8-4-3-7-12(13)17(25)11-5-1-2-6-11/h2*3-4,7-8,10-11H,1-2,5-6,9H2,(H,21,23)(H,20,22,24). The second kappa shape index (κ2) is 19.0. The van der Waals surface area contributed by atoms with Gasteiger partial charge in [-0.25, -0.2) is 9.97 Å². The highest BCUT2D eigenvalue weighted by atomic mass is 79.9. The molecule has 2 aromatic carbocycles. The maximum atomic E-state index is 12.7. The van der Waals surface area contributed by atoms with Crippen molar-refractivity contribution in [3.63, 3.8) is 0 Å². The van der Waals surface area contributed by atoms with Crippen molar-refractivity contribution < 1.29 is 28.8 Å². The Bertz CT molecular complexity index is 1800. The molecule has 4 aromatic rings. The second-order valence-corrected chi connectivity index (χ2v) is 16.3. The molecule has 2 aliphatic rings. The zero-order valence-electron chi connectivity index (χ0n) is 27.9. The van der Waals surface area contributed by atoms with Gasteiger partial charge in [0.05, 0.1) is 27.6 Å². The number of carbonyl (C=O) groups excluding carboxylic acids is 6. The zero-order valence-corrected chi connectivity index (χ0v) is 31.9. The third-order valence-electron chi connectivity index (χ3n) is 8.48. The minimum absolute atomic E-state index is 0.0194. The molecular weight excluding hydrogens is 792 g/mol. The Morgan fingerprint density at radius 1 is 0.615 bits per heavy atom. The molecule has 2 aliphatic carbocycles. The molecule has 4 N–H and O–H groups in total. The number of ketones is 2. The number of aromatic nitrogens is 2. The SMILES string of the molecule is O=C(CC(=O)Nc1ccccc1C(=O)C1CCCC1)Nc1ncc(Br)s1.O=C(CC(=O)Nc1ccccc1C(=O)C1CCCC1)Nc1ncc(Cl)s1. The molecule has 0 saturated heterocycles. The summed E-state index contributed by atoms with van der Waals surface area (Å²) in [4.78, 5) is 81.5. The Hall–Kier alpha value is -4.31. The van der Waals surface area contributed by atoms with E-state index in [9.17, 15) is 28.8 Å². The number of anilines is 4. The predicted octanol–water partition coefficient (Wildman–Crippen LogP) is 8.38. The van der Waals surface area contributed by atoms with E-state index in [0.29, 0.717) is 37.1 Å². The lowest BCUT2D eigenvalue weighted by Crippen LogP contribution is -2.23. The maximum absolute atomic E-state index is 12.7. The number of rotatable bonds is 12. The van der Waals surface area contributed by atoms with Crippen LogP contribution in [0.2, 0.25) is 4.34 Å². The number of carbonyl (C=O) groups is 6. The van der Waals surface area contributed by atoms with Crippen molar-refractivity contribution >= 4 is 107 Å². The van der Waals surface area contributed by atoms with Crippen molar-refractivity contribution in [2.24, 2.45) is 11.8 Å². The summed E-state index contributed by atoms with van der Waals surface area (Å²) >= 11 is 11.4. The van der Waals surface area contributed by atoms with Crippen LogP contribution in [0.1, 0.15) is 84.9 Å². The molecule has 0 radical (unpaired) electrons. The predicted molar refractivity (Wildman–Crippen MR) is 206 cm³/mol. The van der Waals surface area contributed by atoms with Gasteiger partial charge in [0.2, 0.25) is 23.6 Å². The molecule has 272 valence electrons. The van der Waals surface area contributed by atoms with Gasteiger partial charge in [-0.3, -0.25) is 28.8 Å². The third kappa shape index (κ3) is 11.3. The van der Waals surface area contributed by atoms with Crippen LogP contribution in [0.5, 0.6) is 0 Å². The van der Waals surface area contributed by atoms with Gasteiger partial charge < -0.3 is 21.3 Å². The summed E-state index contributed by atoms with van der Waals surface area (Å²) in [6.07, 6.45) is 10.1. The number of amides is 4. The van der Waals surface area contributed by atoms with Crippen LogP contribution in [0.25, 0.3) is 0 Å². The van der Waals surface area contributed by atoms with Crippen LogP contribution in [0.15, 0.2) is 64.7 Å². The lowest BCUT2D eigenvalue weighted by molar-refractivity contribution is -0.125. The summed E-state index contributed by atoms with van der Waals surface area (Å²) in [6, 6.07) is 13.9. The zero-order chi connectivity index (χ0) is 37.0. The highest BCUT2D eigenvalue weighted by Gasteiger charge is 2.27. The second-order valence-electron chi connectivity index (χ2n) is 12.3. The lowest BCUT2D eigenvalue weighted by Gasteiger charge is -2.13. The summed E-state index contributed by atoms with van der Waals surface area (Å²) in [5.41, 5.74) is 1.91. The lowest BCUT2D eigenvalue weighted by atomic mass is 9.95. The average molecular weight is 828 g/mol. The summed E-state index contributed by atoms with van der Waals surface area (Å²) < 4.78 is 1.24. The number of thiazole rings is 2. The summed E-state index contributed by atoms with van der Waals surface area (Å²) in [6.45, 7) is 0. The molecule has 2 aromatic heterocycles. The van der Waals surface area contributed by atoms with Crippen LogP contribution in [-0.2, 0) is 19.2 Å². The van der Waals surface area contributed by atoms with Crippen molar-refractivity contribution in [2.45, 2.75) is 64.2 Å². The molecular formula is C36H36BrClN6O6S2. The van der Waals surface area contributed by atoms with Gasteiger partial charge in [0.25, 0.3) is 0 Å². The quantitative estimate of drug-likeness (QED) is 0.0813. The summed E-state index contributed by atoms with van der Waals surface area (Å²) in [5, 5.41) is 11.2. The van der Waals surface area contributed by atoms with Gasteiger partial charge >= 0.3 is 0 Å². The van der Waals surface area contributed by atoms with E-state index < -0.39 is 23.6 Å². The number of para-hydroxylation sites is 2. The molecule has 2 saturated carbocycles. The molecule has 4 amide bonds. The molecule has 0 unspecified atom stereocenters. The first kappa shape index (κ1) is 38.9. The fraction of sp³-hybridized carbons (Fsp3) is 0.333. The highest BCUT2D eigenvalue weighted by Crippen LogP contribution is 2.32. The number of nitrogens with zero attached hydrogens (tertiary/aromatic N) is 2. The van der Waals surface area contributed by atoms with Crippen molar-refractivity contribution in [3.05, 3.63) is 80.2 Å². The molecule has 12 nitrogen and oxygen atoms in total. The van der Waals surface area contributed by atoms with Crippen molar-refractivity contribution in [3.8, 4) is 0 Å².